The van der Waals surface area contributed by atoms with Crippen molar-refractivity contribution in [2.24, 2.45) is 0 Å². The van der Waals surface area contributed by atoms with E-state index in [1.807, 2.05) is 0 Å². The van der Waals surface area contributed by atoms with Crippen molar-refractivity contribution in [2.45, 2.75) is 6.54 Å². The number of esters is 1. The summed E-state index contributed by atoms with van der Waals surface area (Å²) in [6.45, 7) is 0.227. The monoisotopic (exact) mass is 252 g/mol. The van der Waals surface area contributed by atoms with Gasteiger partial charge in [0.05, 0.1) is 6.61 Å². The molecule has 0 saturated heterocycles. The number of pyridine rings is 1. The van der Waals surface area contributed by atoms with Crippen LogP contribution >= 0.6 is 0 Å². The number of oxazole rings is 1. The van der Waals surface area contributed by atoms with E-state index >= 15 is 0 Å². The molecule has 0 saturated carbocycles. The number of aromatic nitrogens is 2. The van der Waals surface area contributed by atoms with Crippen LogP contribution in [0.15, 0.2) is 27.5 Å². The average molecular weight is 252 g/mol. The Morgan fingerprint density at radius 2 is 2.33 bits per heavy atom. The van der Waals surface area contributed by atoms with Gasteiger partial charge in [0.2, 0.25) is 0 Å². The van der Waals surface area contributed by atoms with E-state index in [2.05, 4.69) is 4.98 Å². The number of carbonyl (C=O) groups is 1. The molecule has 2 aromatic rings. The third-order valence-corrected chi connectivity index (χ3v) is 2.26. The van der Waals surface area contributed by atoms with Crippen LogP contribution in [0.1, 0.15) is 0 Å². The highest BCUT2D eigenvalue weighted by Crippen LogP contribution is 2.08. The standard InChI is InChI=1S/C11H12N2O5/c1-16-5-6-17-9(14)7-13-10-8(18-11(13)15)3-2-4-12-10/h2-4H,5-7H2,1H3. The van der Waals surface area contributed by atoms with Gasteiger partial charge in [-0.2, -0.15) is 0 Å². The van der Waals surface area contributed by atoms with E-state index in [1.165, 1.54) is 13.3 Å². The van der Waals surface area contributed by atoms with Crippen LogP contribution in [-0.4, -0.2) is 35.8 Å². The zero-order chi connectivity index (χ0) is 13.0. The number of fused-ring (bicyclic) bond motifs is 1. The maximum absolute atomic E-state index is 11.5. The number of nitrogens with zero attached hydrogens (tertiary/aromatic N) is 2. The van der Waals surface area contributed by atoms with E-state index in [1.54, 1.807) is 12.1 Å². The molecule has 0 bridgehead atoms. The highest BCUT2D eigenvalue weighted by Gasteiger charge is 2.13. The molecule has 0 amide bonds. The van der Waals surface area contributed by atoms with E-state index in [9.17, 15) is 9.59 Å². The van der Waals surface area contributed by atoms with Gasteiger partial charge in [-0.25, -0.2) is 14.3 Å². The first kappa shape index (κ1) is 12.3. The maximum Gasteiger partial charge on any atom is 0.421 e. The van der Waals surface area contributed by atoms with Crippen LogP contribution in [0.3, 0.4) is 0 Å². The van der Waals surface area contributed by atoms with Crippen molar-refractivity contribution in [1.29, 1.82) is 0 Å². The van der Waals surface area contributed by atoms with Crippen LogP contribution in [0.25, 0.3) is 11.2 Å². The largest absolute Gasteiger partial charge is 0.462 e. The zero-order valence-electron chi connectivity index (χ0n) is 9.79. The minimum Gasteiger partial charge on any atom is -0.462 e. The minimum atomic E-state index is -0.632. The summed E-state index contributed by atoms with van der Waals surface area (Å²) in [6, 6.07) is 3.25. The smallest absolute Gasteiger partial charge is 0.421 e. The van der Waals surface area contributed by atoms with Crippen molar-refractivity contribution in [3.63, 3.8) is 0 Å². The van der Waals surface area contributed by atoms with Gasteiger partial charge in [-0.05, 0) is 12.1 Å². The SMILES string of the molecule is COCCOC(=O)Cn1c(=O)oc2cccnc21. The molecule has 0 aromatic carbocycles. The Balaban J connectivity index is 2.14. The van der Waals surface area contributed by atoms with Gasteiger partial charge in [0.15, 0.2) is 11.2 Å². The molecular formula is C11H12N2O5. The molecule has 18 heavy (non-hydrogen) atoms. The highest BCUT2D eigenvalue weighted by molar-refractivity contribution is 5.73. The van der Waals surface area contributed by atoms with E-state index in [0.29, 0.717) is 17.8 Å². The van der Waals surface area contributed by atoms with Gasteiger partial charge in [0.1, 0.15) is 13.2 Å². The van der Waals surface area contributed by atoms with Crippen molar-refractivity contribution in [3.8, 4) is 0 Å². The molecule has 0 aliphatic heterocycles. The molecule has 0 N–H and O–H groups in total. The van der Waals surface area contributed by atoms with Crippen LogP contribution in [0.5, 0.6) is 0 Å². The van der Waals surface area contributed by atoms with Crippen molar-refractivity contribution < 1.29 is 18.7 Å². The minimum absolute atomic E-state index is 0.146. The molecule has 96 valence electrons. The second kappa shape index (κ2) is 5.46. The molecule has 2 heterocycles. The van der Waals surface area contributed by atoms with Crippen molar-refractivity contribution in [2.75, 3.05) is 20.3 Å². The van der Waals surface area contributed by atoms with Gasteiger partial charge in [-0.1, -0.05) is 0 Å². The van der Waals surface area contributed by atoms with Gasteiger partial charge < -0.3 is 13.9 Å². The summed E-state index contributed by atoms with van der Waals surface area (Å²) in [4.78, 5) is 27.0. The summed E-state index contributed by atoms with van der Waals surface area (Å²) in [5, 5.41) is 0. The van der Waals surface area contributed by atoms with Crippen LogP contribution in [0.2, 0.25) is 0 Å². The number of hydrogen-bond donors (Lipinski definition) is 0. The number of carbonyl (C=O) groups excluding carboxylic acids is 1. The Morgan fingerprint density at radius 3 is 3.11 bits per heavy atom. The first-order valence-electron chi connectivity index (χ1n) is 5.31. The third-order valence-electron chi connectivity index (χ3n) is 2.26. The summed E-state index contributed by atoms with van der Waals surface area (Å²) < 4.78 is 15.7. The van der Waals surface area contributed by atoms with E-state index < -0.39 is 11.7 Å². The highest BCUT2D eigenvalue weighted by atomic mass is 16.6. The van der Waals surface area contributed by atoms with Gasteiger partial charge in [-0.3, -0.25) is 4.79 Å². The van der Waals surface area contributed by atoms with Gasteiger partial charge in [0.25, 0.3) is 0 Å². The lowest BCUT2D eigenvalue weighted by Gasteiger charge is -2.03. The molecule has 0 aliphatic carbocycles. The predicted octanol–water partition coefficient (Wildman–Crippen LogP) is 0.179. The van der Waals surface area contributed by atoms with Crippen molar-refractivity contribution >= 4 is 17.2 Å². The number of ether oxygens (including phenoxy) is 2. The molecule has 0 fully saturated rings. The fourth-order valence-electron chi connectivity index (χ4n) is 1.45. The van der Waals surface area contributed by atoms with Crippen LogP contribution < -0.4 is 5.76 Å². The first-order chi connectivity index (χ1) is 8.72. The van der Waals surface area contributed by atoms with E-state index in [4.69, 9.17) is 13.9 Å². The molecule has 0 spiro atoms. The molecule has 2 aromatic heterocycles. The lowest BCUT2D eigenvalue weighted by molar-refractivity contribution is -0.145. The average Bonchev–Trinajstić information content (AvgIpc) is 2.67. The molecule has 2 rings (SSSR count). The molecule has 0 aliphatic rings. The van der Waals surface area contributed by atoms with Crippen LogP contribution in [-0.2, 0) is 20.8 Å². The summed E-state index contributed by atoms with van der Waals surface area (Å²) in [5.41, 5.74) is 0.665. The lowest BCUT2D eigenvalue weighted by atomic mass is 10.4. The maximum atomic E-state index is 11.5. The number of rotatable bonds is 5. The van der Waals surface area contributed by atoms with Gasteiger partial charge >= 0.3 is 11.7 Å². The zero-order valence-corrected chi connectivity index (χ0v) is 9.79. The summed E-state index contributed by atoms with van der Waals surface area (Å²) in [6.07, 6.45) is 1.52. The number of methoxy groups -OCH3 is 1. The molecule has 0 atom stereocenters. The normalized spacial score (nSPS) is 10.7. The predicted molar refractivity (Wildman–Crippen MR) is 61.1 cm³/mol. The first-order valence-corrected chi connectivity index (χ1v) is 5.31. The summed E-state index contributed by atoms with van der Waals surface area (Å²) in [7, 11) is 1.51. The fraction of sp³-hybridized carbons (Fsp3) is 0.364. The van der Waals surface area contributed by atoms with E-state index in [-0.39, 0.29) is 13.2 Å². The van der Waals surface area contributed by atoms with Crippen LogP contribution in [0.4, 0.5) is 0 Å². The van der Waals surface area contributed by atoms with E-state index in [0.717, 1.165) is 4.57 Å². The van der Waals surface area contributed by atoms with Crippen molar-refractivity contribution in [1.82, 2.24) is 9.55 Å². The molecule has 0 radical (unpaired) electrons. The fourth-order valence-corrected chi connectivity index (χ4v) is 1.45. The Bertz CT molecular complexity index is 601. The molecule has 7 heteroatoms. The second-order valence-corrected chi connectivity index (χ2v) is 3.49. The Hall–Kier alpha value is -2.15. The Labute approximate surface area is 102 Å². The van der Waals surface area contributed by atoms with Crippen LogP contribution in [0, 0.1) is 0 Å². The third kappa shape index (κ3) is 2.57. The topological polar surface area (TPSA) is 83.6 Å². The van der Waals surface area contributed by atoms with Gasteiger partial charge in [-0.15, -0.1) is 0 Å². The lowest BCUT2D eigenvalue weighted by Crippen LogP contribution is -2.23. The number of hydrogen-bond acceptors (Lipinski definition) is 6. The molecule has 0 unspecified atom stereocenters. The quantitative estimate of drug-likeness (QED) is 0.557. The molecule has 7 nitrogen and oxygen atoms in total. The Kier molecular flexibility index (Phi) is 3.73. The van der Waals surface area contributed by atoms with Gasteiger partial charge in [0, 0.05) is 13.3 Å². The summed E-state index contributed by atoms with van der Waals surface area (Å²) >= 11 is 0. The second-order valence-electron chi connectivity index (χ2n) is 3.49. The molecular weight excluding hydrogens is 240 g/mol. The van der Waals surface area contributed by atoms with Crippen molar-refractivity contribution in [3.05, 3.63) is 28.9 Å². The Morgan fingerprint density at radius 1 is 1.50 bits per heavy atom. The summed E-state index contributed by atoms with van der Waals surface area (Å²) in [5.74, 6) is -1.17.